The minimum atomic E-state index is -0.839. The third kappa shape index (κ3) is 5.20. The zero-order valence-corrected chi connectivity index (χ0v) is 18.7. The molecule has 1 fully saturated rings. The summed E-state index contributed by atoms with van der Waals surface area (Å²) in [6.07, 6.45) is 0.542. The molecule has 9 nitrogen and oxygen atoms in total. The van der Waals surface area contributed by atoms with Gasteiger partial charge in [-0.1, -0.05) is 12.1 Å². The summed E-state index contributed by atoms with van der Waals surface area (Å²) in [7, 11) is 1.51. The Balaban J connectivity index is 2.05. The van der Waals surface area contributed by atoms with Crippen molar-refractivity contribution in [3.8, 4) is 5.75 Å². The molecule has 0 spiro atoms. The van der Waals surface area contributed by atoms with Gasteiger partial charge < -0.3 is 19.5 Å². The fourth-order valence-corrected chi connectivity index (χ4v) is 3.72. The van der Waals surface area contributed by atoms with Gasteiger partial charge in [0.2, 0.25) is 0 Å². The normalized spacial score (nSPS) is 17.6. The quantitative estimate of drug-likeness (QED) is 0.153. The van der Waals surface area contributed by atoms with Gasteiger partial charge in [-0.05, 0) is 50.1 Å². The van der Waals surface area contributed by atoms with E-state index in [0.29, 0.717) is 24.3 Å². The van der Waals surface area contributed by atoms with Gasteiger partial charge >= 0.3 is 0 Å². The highest BCUT2D eigenvalue weighted by Gasteiger charge is 2.45. The zero-order chi connectivity index (χ0) is 24.1. The van der Waals surface area contributed by atoms with Crippen LogP contribution in [0, 0.1) is 10.1 Å². The average molecular weight is 454 g/mol. The number of rotatable bonds is 9. The monoisotopic (exact) mass is 454 g/mol. The van der Waals surface area contributed by atoms with Crippen molar-refractivity contribution in [1.82, 2.24) is 4.90 Å². The summed E-state index contributed by atoms with van der Waals surface area (Å²) in [5.74, 6) is -1.40. The predicted molar refractivity (Wildman–Crippen MR) is 121 cm³/mol. The number of nitrogens with zero attached hydrogens (tertiary/aromatic N) is 2. The largest absolute Gasteiger partial charge is 0.507 e. The summed E-state index contributed by atoms with van der Waals surface area (Å²) < 4.78 is 10.8. The molecule has 3 rings (SSSR count). The molecule has 1 heterocycles. The summed E-state index contributed by atoms with van der Waals surface area (Å²) in [5.41, 5.74) is 0.574. The van der Waals surface area contributed by atoms with Gasteiger partial charge in [0.05, 0.1) is 29.8 Å². The molecular weight excluding hydrogens is 428 g/mol. The molecule has 0 aliphatic carbocycles. The summed E-state index contributed by atoms with van der Waals surface area (Å²) >= 11 is 0. The molecule has 1 atom stereocenters. The van der Waals surface area contributed by atoms with Gasteiger partial charge in [-0.25, -0.2) is 0 Å². The van der Waals surface area contributed by atoms with Crippen molar-refractivity contribution in [3.63, 3.8) is 0 Å². The van der Waals surface area contributed by atoms with Crippen LogP contribution in [0.4, 0.5) is 5.69 Å². The van der Waals surface area contributed by atoms with Crippen molar-refractivity contribution < 1.29 is 29.1 Å². The number of ether oxygens (including phenoxy) is 2. The number of nitro benzene ring substituents is 1. The third-order valence-corrected chi connectivity index (χ3v) is 5.30. The first-order valence-corrected chi connectivity index (χ1v) is 10.5. The van der Waals surface area contributed by atoms with Gasteiger partial charge in [0.15, 0.2) is 0 Å². The third-order valence-electron chi connectivity index (χ3n) is 5.30. The minimum Gasteiger partial charge on any atom is -0.507 e. The van der Waals surface area contributed by atoms with E-state index in [1.54, 1.807) is 24.3 Å². The van der Waals surface area contributed by atoms with Crippen molar-refractivity contribution >= 4 is 23.1 Å². The lowest BCUT2D eigenvalue weighted by atomic mass is 9.95. The molecule has 1 amide bonds. The Hall–Kier alpha value is -3.72. The number of benzene rings is 2. The fourth-order valence-electron chi connectivity index (χ4n) is 3.72. The Labute approximate surface area is 191 Å². The van der Waals surface area contributed by atoms with Crippen LogP contribution in [0.15, 0.2) is 54.1 Å². The maximum Gasteiger partial charge on any atom is 0.295 e. The number of nitro groups is 1. The molecule has 33 heavy (non-hydrogen) atoms. The van der Waals surface area contributed by atoms with Gasteiger partial charge in [-0.15, -0.1) is 0 Å². The van der Waals surface area contributed by atoms with Crippen LogP contribution in [-0.4, -0.2) is 53.0 Å². The highest BCUT2D eigenvalue weighted by molar-refractivity contribution is 6.46. The molecule has 2 aromatic carbocycles. The number of Topliss-reactive ketones (excluding diaryl/α,β-unsaturated/α-hetero) is 1. The fraction of sp³-hybridized carbons (Fsp3) is 0.333. The van der Waals surface area contributed by atoms with Crippen molar-refractivity contribution in [2.45, 2.75) is 32.4 Å². The van der Waals surface area contributed by atoms with Crippen LogP contribution in [0.1, 0.15) is 37.4 Å². The number of ketones is 1. The van der Waals surface area contributed by atoms with Gasteiger partial charge in [0, 0.05) is 30.8 Å². The maximum absolute atomic E-state index is 13.0. The van der Waals surface area contributed by atoms with E-state index < -0.39 is 28.4 Å². The van der Waals surface area contributed by atoms with E-state index in [2.05, 4.69) is 0 Å². The van der Waals surface area contributed by atoms with E-state index in [4.69, 9.17) is 9.47 Å². The summed E-state index contributed by atoms with van der Waals surface area (Å²) in [5, 5.41) is 22.0. The Morgan fingerprint density at radius 2 is 1.88 bits per heavy atom. The van der Waals surface area contributed by atoms with Gasteiger partial charge in [0.25, 0.3) is 17.4 Å². The lowest BCUT2D eigenvalue weighted by Crippen LogP contribution is -2.31. The minimum absolute atomic E-state index is 0.0386. The van der Waals surface area contributed by atoms with Crippen LogP contribution in [0.25, 0.3) is 5.76 Å². The molecule has 0 radical (unpaired) electrons. The lowest BCUT2D eigenvalue weighted by Gasteiger charge is -2.25. The highest BCUT2D eigenvalue weighted by atomic mass is 16.6. The van der Waals surface area contributed by atoms with E-state index in [1.165, 1.54) is 36.3 Å². The van der Waals surface area contributed by atoms with E-state index in [0.717, 1.165) is 0 Å². The van der Waals surface area contributed by atoms with E-state index in [9.17, 15) is 24.8 Å². The van der Waals surface area contributed by atoms with Crippen LogP contribution in [0.3, 0.4) is 0 Å². The van der Waals surface area contributed by atoms with Crippen LogP contribution in [0.5, 0.6) is 5.75 Å². The molecular formula is C24H26N2O7. The van der Waals surface area contributed by atoms with Crippen molar-refractivity contribution in [2.75, 3.05) is 20.3 Å². The number of hydrogen-bond donors (Lipinski definition) is 1. The van der Waals surface area contributed by atoms with Crippen LogP contribution in [-0.2, 0) is 14.3 Å². The van der Waals surface area contributed by atoms with Crippen LogP contribution >= 0.6 is 0 Å². The Bertz CT molecular complexity index is 1080. The SMILES string of the molecule is COc1cccc([C@H]2C(=C(O)c3ccc([N+](=O)[O-])cc3)C(=O)C(=O)N2CCCOC(C)C)c1. The molecule has 2 aromatic rings. The molecule has 0 bridgehead atoms. The van der Waals surface area contributed by atoms with Crippen molar-refractivity contribution in [1.29, 1.82) is 0 Å². The molecule has 1 aliphatic heterocycles. The first kappa shape index (κ1) is 23.9. The molecule has 174 valence electrons. The smallest absolute Gasteiger partial charge is 0.295 e. The lowest BCUT2D eigenvalue weighted by molar-refractivity contribution is -0.384. The summed E-state index contributed by atoms with van der Waals surface area (Å²) in [4.78, 5) is 37.7. The highest BCUT2D eigenvalue weighted by Crippen LogP contribution is 2.40. The number of aliphatic hydroxyl groups is 1. The van der Waals surface area contributed by atoms with E-state index in [1.807, 2.05) is 13.8 Å². The van der Waals surface area contributed by atoms with Crippen LogP contribution < -0.4 is 4.74 Å². The number of non-ortho nitro benzene ring substituents is 1. The maximum atomic E-state index is 13.0. The summed E-state index contributed by atoms with van der Waals surface area (Å²) in [6, 6.07) is 11.3. The number of carbonyl (C=O) groups is 2. The second kappa shape index (κ2) is 10.3. The number of methoxy groups -OCH3 is 1. The molecule has 1 N–H and O–H groups in total. The average Bonchev–Trinajstić information content (AvgIpc) is 3.06. The Morgan fingerprint density at radius 1 is 1.18 bits per heavy atom. The number of amides is 1. The van der Waals surface area contributed by atoms with Crippen molar-refractivity contribution in [3.05, 3.63) is 75.3 Å². The van der Waals surface area contributed by atoms with Crippen LogP contribution in [0.2, 0.25) is 0 Å². The molecule has 9 heteroatoms. The summed E-state index contributed by atoms with van der Waals surface area (Å²) in [6.45, 7) is 4.48. The number of hydrogen-bond acceptors (Lipinski definition) is 7. The van der Waals surface area contributed by atoms with Crippen molar-refractivity contribution in [2.24, 2.45) is 0 Å². The second-order valence-electron chi connectivity index (χ2n) is 7.85. The topological polar surface area (TPSA) is 119 Å². The van der Waals surface area contributed by atoms with Gasteiger partial charge in [-0.3, -0.25) is 19.7 Å². The molecule has 0 saturated carbocycles. The first-order chi connectivity index (χ1) is 15.7. The van der Waals surface area contributed by atoms with E-state index >= 15 is 0 Å². The standard InChI is InChI=1S/C24H26N2O7/c1-15(2)33-13-5-12-25-21(17-6-4-7-19(14-17)32-3)20(23(28)24(25)29)22(27)16-8-10-18(11-9-16)26(30)31/h4,6-11,14-15,21,27H,5,12-13H2,1-3H3/t21-/m0/s1. The molecule has 0 aromatic heterocycles. The molecule has 1 saturated heterocycles. The number of aliphatic hydroxyl groups excluding tert-OH is 1. The van der Waals surface area contributed by atoms with Gasteiger partial charge in [-0.2, -0.15) is 0 Å². The Kier molecular flexibility index (Phi) is 7.44. The van der Waals surface area contributed by atoms with Gasteiger partial charge in [0.1, 0.15) is 11.5 Å². The molecule has 0 unspecified atom stereocenters. The second-order valence-corrected chi connectivity index (χ2v) is 7.85. The van der Waals surface area contributed by atoms with E-state index in [-0.39, 0.29) is 29.5 Å². The number of likely N-dealkylation sites (tertiary alicyclic amines) is 1. The zero-order valence-electron chi connectivity index (χ0n) is 18.7. The number of carbonyl (C=O) groups excluding carboxylic acids is 2. The Morgan fingerprint density at radius 3 is 2.48 bits per heavy atom. The predicted octanol–water partition coefficient (Wildman–Crippen LogP) is 3.84. The first-order valence-electron chi connectivity index (χ1n) is 10.5. The molecule has 1 aliphatic rings.